The quantitative estimate of drug-likeness (QED) is 0.0322. The normalized spacial score (nSPS) is 13.7. The molecule has 0 heterocycles. The fourth-order valence-corrected chi connectivity index (χ4v) is 7.83. The first kappa shape index (κ1) is 59.6. The first-order valence-electron chi connectivity index (χ1n) is 26.5. The van der Waals surface area contributed by atoms with Crippen molar-refractivity contribution < 1.29 is 24.5 Å². The van der Waals surface area contributed by atoms with E-state index in [1.54, 1.807) is 0 Å². The highest BCUT2D eigenvalue weighted by Gasteiger charge is 2.24. The minimum atomic E-state index is -0.802. The van der Waals surface area contributed by atoms with Crippen LogP contribution in [0.15, 0.2) is 60.8 Å². The summed E-state index contributed by atoms with van der Waals surface area (Å²) in [5.74, 6) is -0.528. The van der Waals surface area contributed by atoms with Gasteiger partial charge in [0.15, 0.2) is 0 Å². The minimum Gasteiger partial charge on any atom is -0.462 e. The predicted molar refractivity (Wildman–Crippen MR) is 268 cm³/mol. The Bertz CT molecular complexity index is 1110. The van der Waals surface area contributed by atoms with Gasteiger partial charge in [0.05, 0.1) is 25.2 Å². The molecule has 0 fully saturated rings. The summed E-state index contributed by atoms with van der Waals surface area (Å²) in [5.41, 5.74) is 0. The number of nitrogens with one attached hydrogen (secondary N) is 1. The molecule has 0 aromatic carbocycles. The van der Waals surface area contributed by atoms with E-state index in [1.807, 2.05) is 0 Å². The van der Waals surface area contributed by atoms with Crippen LogP contribution in [0.4, 0.5) is 0 Å². The van der Waals surface area contributed by atoms with Gasteiger partial charge in [-0.3, -0.25) is 9.59 Å². The highest BCUT2D eigenvalue weighted by molar-refractivity contribution is 5.77. The lowest BCUT2D eigenvalue weighted by Gasteiger charge is -2.24. The Morgan fingerprint density at radius 3 is 1.37 bits per heavy atom. The third-order valence-electron chi connectivity index (χ3n) is 11.8. The summed E-state index contributed by atoms with van der Waals surface area (Å²) < 4.78 is 5.91. The lowest BCUT2D eigenvalue weighted by molar-refractivity contribution is -0.151. The van der Waals surface area contributed by atoms with Crippen molar-refractivity contribution in [1.29, 1.82) is 0 Å². The molecule has 0 rings (SSSR count). The van der Waals surface area contributed by atoms with E-state index in [1.165, 1.54) is 135 Å². The first-order valence-corrected chi connectivity index (χ1v) is 26.5. The third-order valence-corrected chi connectivity index (χ3v) is 11.8. The van der Waals surface area contributed by atoms with Gasteiger partial charge in [0, 0.05) is 6.42 Å². The number of carbonyl (C=O) groups excluding carboxylic acids is 2. The van der Waals surface area contributed by atoms with Crippen LogP contribution < -0.4 is 5.32 Å². The summed E-state index contributed by atoms with van der Waals surface area (Å²) in [6.07, 6.45) is 61.5. The molecular weight excluding hydrogens is 767 g/mol. The zero-order chi connectivity index (χ0) is 45.2. The summed E-state index contributed by atoms with van der Waals surface area (Å²) in [6, 6.07) is -0.719. The van der Waals surface area contributed by atoms with Gasteiger partial charge in [0.2, 0.25) is 5.91 Å². The molecule has 0 aliphatic rings. The van der Waals surface area contributed by atoms with E-state index in [2.05, 4.69) is 86.8 Å². The largest absolute Gasteiger partial charge is 0.462 e. The molecule has 1 amide bonds. The Kier molecular flexibility index (Phi) is 47.6. The molecule has 0 saturated carbocycles. The van der Waals surface area contributed by atoms with Crippen molar-refractivity contribution in [2.24, 2.45) is 0 Å². The van der Waals surface area contributed by atoms with Gasteiger partial charge in [-0.05, 0) is 83.5 Å². The van der Waals surface area contributed by atoms with Gasteiger partial charge < -0.3 is 20.3 Å². The highest BCUT2D eigenvalue weighted by Crippen LogP contribution is 2.17. The second-order valence-electron chi connectivity index (χ2n) is 17.9. The van der Waals surface area contributed by atoms with Crippen LogP contribution in [0.25, 0.3) is 0 Å². The zero-order valence-electron chi connectivity index (χ0n) is 41.0. The van der Waals surface area contributed by atoms with Crippen molar-refractivity contribution in [1.82, 2.24) is 5.32 Å². The van der Waals surface area contributed by atoms with Gasteiger partial charge in [-0.1, -0.05) is 223 Å². The van der Waals surface area contributed by atoms with Crippen LogP contribution >= 0.6 is 0 Å². The zero-order valence-corrected chi connectivity index (χ0v) is 41.0. The summed E-state index contributed by atoms with van der Waals surface area (Å²) in [7, 11) is 0. The molecule has 0 bridgehead atoms. The minimum absolute atomic E-state index is 0.0386. The summed E-state index contributed by atoms with van der Waals surface area (Å²) in [4.78, 5) is 26.1. The van der Waals surface area contributed by atoms with Crippen LogP contribution in [-0.2, 0) is 14.3 Å². The fourth-order valence-electron chi connectivity index (χ4n) is 7.83. The Labute approximate surface area is 384 Å². The molecule has 6 nitrogen and oxygen atoms in total. The fraction of sp³-hybridized carbons (Fsp3) is 0.786. The number of aliphatic hydroxyl groups excluding tert-OH is 2. The van der Waals surface area contributed by atoms with Crippen LogP contribution in [-0.4, -0.2) is 46.9 Å². The maximum Gasteiger partial charge on any atom is 0.306 e. The molecule has 0 saturated heterocycles. The summed E-state index contributed by atoms with van der Waals surface area (Å²) >= 11 is 0. The number of ether oxygens (including phenoxy) is 1. The van der Waals surface area contributed by atoms with Crippen molar-refractivity contribution in [3.8, 4) is 0 Å². The van der Waals surface area contributed by atoms with Crippen molar-refractivity contribution in [2.75, 3.05) is 6.61 Å². The van der Waals surface area contributed by atoms with E-state index < -0.39 is 18.2 Å². The van der Waals surface area contributed by atoms with Crippen LogP contribution in [0.3, 0.4) is 0 Å². The average Bonchev–Trinajstić information content (AvgIpc) is 3.26. The SMILES string of the molecule is CC/C=C/C/C=C/C/C=C/C/C=C/CCCC(CC(=O)NC(CO)C(O)CCCCCCCCCCCC)OC(=O)CCCCCCCCCCC/C=C/CCCCCCCC. The molecule has 0 aromatic rings. The smallest absolute Gasteiger partial charge is 0.306 e. The molecule has 0 aliphatic carbocycles. The molecule has 0 spiro atoms. The lowest BCUT2D eigenvalue weighted by Crippen LogP contribution is -2.46. The molecule has 62 heavy (non-hydrogen) atoms. The van der Waals surface area contributed by atoms with Gasteiger partial charge in [-0.25, -0.2) is 0 Å². The summed E-state index contributed by atoms with van der Waals surface area (Å²) in [6.45, 7) is 6.34. The standard InChI is InChI=1S/C56H101NO5/c1-4-7-10-13-16-19-22-24-26-27-28-29-30-32-34-37-40-43-46-49-56(61)62-52(47-44-41-38-35-33-31-25-23-20-17-14-11-8-5-2)50-55(60)57-53(51-58)54(59)48-45-42-39-36-21-18-15-12-9-6-3/h8,11,17,20,24-26,31,35,38,52-54,58-59H,4-7,9-10,12-16,18-19,21-23,27-30,32-34,36-37,39-51H2,1-3H3,(H,57,60)/b11-8+,20-17+,26-24+,31-25+,38-35+. The Morgan fingerprint density at radius 2 is 0.887 bits per heavy atom. The summed E-state index contributed by atoms with van der Waals surface area (Å²) in [5, 5.41) is 23.7. The molecule has 360 valence electrons. The maximum atomic E-state index is 13.2. The van der Waals surface area contributed by atoms with Gasteiger partial charge in [-0.15, -0.1) is 0 Å². The molecule has 0 aliphatic heterocycles. The second kappa shape index (κ2) is 49.6. The van der Waals surface area contributed by atoms with Crippen molar-refractivity contribution in [2.45, 2.75) is 277 Å². The van der Waals surface area contributed by atoms with E-state index >= 15 is 0 Å². The maximum absolute atomic E-state index is 13.2. The van der Waals surface area contributed by atoms with Gasteiger partial charge in [0.1, 0.15) is 6.10 Å². The number of carbonyl (C=O) groups is 2. The first-order chi connectivity index (χ1) is 30.5. The number of rotatable bonds is 47. The molecule has 3 N–H and O–H groups in total. The van der Waals surface area contributed by atoms with Crippen LogP contribution in [0.5, 0.6) is 0 Å². The lowest BCUT2D eigenvalue weighted by atomic mass is 10.0. The number of esters is 1. The number of hydrogen-bond donors (Lipinski definition) is 3. The molecule has 6 heteroatoms. The van der Waals surface area contributed by atoms with Crippen LogP contribution in [0, 0.1) is 0 Å². The number of unbranched alkanes of at least 4 members (excludes halogenated alkanes) is 25. The van der Waals surface area contributed by atoms with Crippen molar-refractivity contribution in [3.05, 3.63) is 60.8 Å². The number of allylic oxidation sites excluding steroid dienone is 10. The number of hydrogen-bond acceptors (Lipinski definition) is 5. The van der Waals surface area contributed by atoms with Gasteiger partial charge in [-0.2, -0.15) is 0 Å². The highest BCUT2D eigenvalue weighted by atomic mass is 16.5. The van der Waals surface area contributed by atoms with E-state index in [0.717, 1.165) is 77.0 Å². The van der Waals surface area contributed by atoms with Crippen LogP contribution in [0.2, 0.25) is 0 Å². The molecular formula is C56H101NO5. The Balaban J connectivity index is 4.59. The molecule has 3 unspecified atom stereocenters. The predicted octanol–water partition coefficient (Wildman–Crippen LogP) is 16.0. The van der Waals surface area contributed by atoms with Crippen molar-refractivity contribution in [3.63, 3.8) is 0 Å². The topological polar surface area (TPSA) is 95.9 Å². The van der Waals surface area contributed by atoms with Crippen molar-refractivity contribution >= 4 is 11.9 Å². The van der Waals surface area contributed by atoms with E-state index in [4.69, 9.17) is 4.74 Å². The van der Waals surface area contributed by atoms with E-state index in [-0.39, 0.29) is 24.9 Å². The van der Waals surface area contributed by atoms with E-state index in [9.17, 15) is 19.8 Å². The number of aliphatic hydroxyl groups is 2. The average molecular weight is 868 g/mol. The Hall–Kier alpha value is -2.44. The monoisotopic (exact) mass is 868 g/mol. The molecule has 0 radical (unpaired) electrons. The van der Waals surface area contributed by atoms with E-state index in [0.29, 0.717) is 19.3 Å². The van der Waals surface area contributed by atoms with Gasteiger partial charge >= 0.3 is 5.97 Å². The Morgan fingerprint density at radius 1 is 0.484 bits per heavy atom. The van der Waals surface area contributed by atoms with Gasteiger partial charge in [0.25, 0.3) is 0 Å². The number of amides is 1. The second-order valence-corrected chi connectivity index (χ2v) is 17.9. The van der Waals surface area contributed by atoms with Crippen LogP contribution in [0.1, 0.15) is 258 Å². The third kappa shape index (κ3) is 44.2. The molecule has 0 aromatic heterocycles. The molecule has 3 atom stereocenters.